The quantitative estimate of drug-likeness (QED) is 0.662. The van der Waals surface area contributed by atoms with Gasteiger partial charge in [0, 0.05) is 5.56 Å². The molecular weight excluding hydrogens is 266 g/mol. The summed E-state index contributed by atoms with van der Waals surface area (Å²) in [5, 5.41) is 8.68. The van der Waals surface area contributed by atoms with Gasteiger partial charge in [-0.3, -0.25) is 15.6 Å². The molecule has 1 heterocycles. The molecule has 2 N–H and O–H groups in total. The summed E-state index contributed by atoms with van der Waals surface area (Å²) in [4.78, 5) is 15.2. The fourth-order valence-corrected chi connectivity index (χ4v) is 1.40. The summed E-state index contributed by atoms with van der Waals surface area (Å²) in [6.45, 7) is 0. The van der Waals surface area contributed by atoms with Gasteiger partial charge in [-0.15, -0.1) is 0 Å². The molecule has 0 unspecified atom stereocenters. The van der Waals surface area contributed by atoms with Crippen LogP contribution in [0.1, 0.15) is 15.9 Å². The third kappa shape index (κ3) is 3.05. The number of amides is 1. The number of nitrogens with zero attached hydrogens (tertiary/aromatic N) is 2. The lowest BCUT2D eigenvalue weighted by Crippen LogP contribution is -2.29. The highest BCUT2D eigenvalue weighted by atomic mass is 19.1. The van der Waals surface area contributed by atoms with Crippen LogP contribution in [0.25, 0.3) is 0 Å². The van der Waals surface area contributed by atoms with Crippen molar-refractivity contribution in [1.82, 2.24) is 10.4 Å². The number of hydrogen-bond acceptors (Lipinski definition) is 4. The van der Waals surface area contributed by atoms with Crippen molar-refractivity contribution in [2.75, 3.05) is 5.43 Å². The van der Waals surface area contributed by atoms with E-state index in [1.54, 1.807) is 6.07 Å². The van der Waals surface area contributed by atoms with Crippen molar-refractivity contribution < 1.29 is 13.6 Å². The maximum Gasteiger partial charge on any atom is 0.269 e. The molecule has 0 fully saturated rings. The molecule has 0 aliphatic heterocycles. The van der Waals surface area contributed by atoms with Gasteiger partial charge in [0.25, 0.3) is 5.91 Å². The number of anilines is 1. The molecule has 2 rings (SSSR count). The summed E-state index contributed by atoms with van der Waals surface area (Å²) in [6, 6.07) is 7.57. The van der Waals surface area contributed by atoms with E-state index in [4.69, 9.17) is 5.26 Å². The summed E-state index contributed by atoms with van der Waals surface area (Å²) >= 11 is 0. The third-order valence-electron chi connectivity index (χ3n) is 2.40. The average molecular weight is 274 g/mol. The van der Waals surface area contributed by atoms with Gasteiger partial charge in [0.2, 0.25) is 5.95 Å². The van der Waals surface area contributed by atoms with E-state index in [0.717, 1.165) is 18.2 Å². The van der Waals surface area contributed by atoms with Crippen molar-refractivity contribution >= 4 is 11.6 Å². The van der Waals surface area contributed by atoms with Crippen LogP contribution in [0.5, 0.6) is 0 Å². The number of hydrazine groups is 1. The Morgan fingerprint density at radius 3 is 2.70 bits per heavy atom. The molecule has 0 saturated heterocycles. The molecule has 0 aliphatic rings. The van der Waals surface area contributed by atoms with Crippen LogP contribution in [-0.4, -0.2) is 10.9 Å². The van der Waals surface area contributed by atoms with Gasteiger partial charge in [-0.25, -0.2) is 9.37 Å². The Bertz CT molecular complexity index is 680. The Morgan fingerprint density at radius 2 is 2.05 bits per heavy atom. The van der Waals surface area contributed by atoms with E-state index in [2.05, 4.69) is 15.8 Å². The molecule has 0 atom stereocenters. The van der Waals surface area contributed by atoms with Crippen LogP contribution in [0.4, 0.5) is 14.5 Å². The molecular formula is C13H8F2N4O. The number of carbonyl (C=O) groups excluding carboxylic acids is 1. The lowest BCUT2D eigenvalue weighted by atomic mass is 10.1. The Labute approximate surface area is 112 Å². The first-order valence-corrected chi connectivity index (χ1v) is 5.47. The number of halogens is 2. The predicted octanol–water partition coefficient (Wildman–Crippen LogP) is 1.99. The van der Waals surface area contributed by atoms with E-state index < -0.39 is 17.7 Å². The van der Waals surface area contributed by atoms with E-state index in [1.165, 1.54) is 18.3 Å². The topological polar surface area (TPSA) is 77.8 Å². The van der Waals surface area contributed by atoms with Crippen LogP contribution >= 0.6 is 0 Å². The molecule has 1 aromatic heterocycles. The zero-order valence-corrected chi connectivity index (χ0v) is 10.0. The Morgan fingerprint density at radius 1 is 1.25 bits per heavy atom. The molecule has 2 aromatic rings. The van der Waals surface area contributed by atoms with E-state index in [1.807, 2.05) is 0 Å². The van der Waals surface area contributed by atoms with Gasteiger partial charge in [-0.1, -0.05) is 0 Å². The molecule has 100 valence electrons. The van der Waals surface area contributed by atoms with Gasteiger partial charge in [0.05, 0.1) is 17.4 Å². The van der Waals surface area contributed by atoms with Gasteiger partial charge in [0.15, 0.2) is 0 Å². The fourth-order valence-electron chi connectivity index (χ4n) is 1.40. The predicted molar refractivity (Wildman–Crippen MR) is 66.4 cm³/mol. The Balaban J connectivity index is 2.05. The van der Waals surface area contributed by atoms with Gasteiger partial charge in [0.1, 0.15) is 11.9 Å². The van der Waals surface area contributed by atoms with Gasteiger partial charge in [-0.05, 0) is 30.3 Å². The van der Waals surface area contributed by atoms with E-state index >= 15 is 0 Å². The molecule has 5 nitrogen and oxygen atoms in total. The van der Waals surface area contributed by atoms with Crippen LogP contribution in [0.3, 0.4) is 0 Å². The monoisotopic (exact) mass is 274 g/mol. The lowest BCUT2D eigenvalue weighted by molar-refractivity contribution is 0.0962. The zero-order valence-electron chi connectivity index (χ0n) is 10.0. The third-order valence-corrected chi connectivity index (χ3v) is 2.40. The van der Waals surface area contributed by atoms with Crippen molar-refractivity contribution in [3.8, 4) is 6.07 Å². The largest absolute Gasteiger partial charge is 0.297 e. The van der Waals surface area contributed by atoms with Crippen LogP contribution in [0.2, 0.25) is 0 Å². The number of nitrogens with one attached hydrogen (secondary N) is 2. The molecule has 0 saturated carbocycles. The SMILES string of the molecule is N#Cc1cc(C(=O)NNc2ccc(F)nc2)ccc1F. The number of carbonyl (C=O) groups is 1. The number of hydrogen-bond donors (Lipinski definition) is 2. The summed E-state index contributed by atoms with van der Waals surface area (Å²) in [6.07, 6.45) is 1.20. The summed E-state index contributed by atoms with van der Waals surface area (Å²) < 4.78 is 25.7. The first-order chi connectivity index (χ1) is 9.60. The Kier molecular flexibility index (Phi) is 3.86. The fraction of sp³-hybridized carbons (Fsp3) is 0. The summed E-state index contributed by atoms with van der Waals surface area (Å²) in [5.74, 6) is -1.90. The second-order valence-electron chi connectivity index (χ2n) is 3.76. The van der Waals surface area contributed by atoms with Crippen LogP contribution in [0.15, 0.2) is 36.5 Å². The summed E-state index contributed by atoms with van der Waals surface area (Å²) in [5.41, 5.74) is 5.11. The minimum atomic E-state index is -0.695. The highest BCUT2D eigenvalue weighted by molar-refractivity contribution is 5.95. The molecule has 0 aliphatic carbocycles. The van der Waals surface area contributed by atoms with Gasteiger partial charge >= 0.3 is 0 Å². The van der Waals surface area contributed by atoms with Gasteiger partial charge in [-0.2, -0.15) is 9.65 Å². The Hall–Kier alpha value is -3.01. The van der Waals surface area contributed by atoms with Gasteiger partial charge < -0.3 is 0 Å². The molecule has 1 amide bonds. The maximum atomic E-state index is 13.1. The summed E-state index contributed by atoms with van der Waals surface area (Å²) in [7, 11) is 0. The minimum Gasteiger partial charge on any atom is -0.297 e. The molecule has 1 aromatic carbocycles. The number of benzene rings is 1. The average Bonchev–Trinajstić information content (AvgIpc) is 2.47. The van der Waals surface area contributed by atoms with Crippen LogP contribution < -0.4 is 10.9 Å². The minimum absolute atomic E-state index is 0.116. The van der Waals surface area contributed by atoms with E-state index in [9.17, 15) is 13.6 Å². The van der Waals surface area contributed by atoms with Crippen LogP contribution in [-0.2, 0) is 0 Å². The molecule has 0 spiro atoms. The second kappa shape index (κ2) is 5.75. The first kappa shape index (κ1) is 13.4. The van der Waals surface area contributed by atoms with E-state index in [0.29, 0.717) is 5.69 Å². The highest BCUT2D eigenvalue weighted by Gasteiger charge is 2.09. The molecule has 20 heavy (non-hydrogen) atoms. The van der Waals surface area contributed by atoms with Crippen molar-refractivity contribution in [3.05, 3.63) is 59.4 Å². The zero-order chi connectivity index (χ0) is 14.5. The number of nitriles is 1. The number of rotatable bonds is 3. The molecule has 0 radical (unpaired) electrons. The molecule has 0 bridgehead atoms. The maximum absolute atomic E-state index is 13.1. The number of pyridine rings is 1. The van der Waals surface area contributed by atoms with Crippen molar-refractivity contribution in [2.24, 2.45) is 0 Å². The van der Waals surface area contributed by atoms with Crippen molar-refractivity contribution in [3.63, 3.8) is 0 Å². The standard InChI is InChI=1S/C13H8F2N4O/c14-11-3-1-8(5-9(11)6-16)13(20)19-18-10-2-4-12(15)17-7-10/h1-5,7,18H,(H,19,20). The van der Waals surface area contributed by atoms with E-state index in [-0.39, 0.29) is 11.1 Å². The smallest absolute Gasteiger partial charge is 0.269 e. The van der Waals surface area contributed by atoms with Crippen molar-refractivity contribution in [1.29, 1.82) is 5.26 Å². The highest BCUT2D eigenvalue weighted by Crippen LogP contribution is 2.10. The van der Waals surface area contributed by atoms with Crippen molar-refractivity contribution in [2.45, 2.75) is 0 Å². The number of aromatic nitrogens is 1. The van der Waals surface area contributed by atoms with Crippen LogP contribution in [0, 0.1) is 23.1 Å². The lowest BCUT2D eigenvalue weighted by Gasteiger charge is -2.08. The second-order valence-corrected chi connectivity index (χ2v) is 3.76. The molecule has 7 heteroatoms. The first-order valence-electron chi connectivity index (χ1n) is 5.47. The normalized spacial score (nSPS) is 9.65.